The largest absolute Gasteiger partial charge is 0.502 e. The number of nitrogens with zero attached hydrogens (tertiary/aromatic N) is 1. The number of methoxy groups -OCH3 is 2. The second kappa shape index (κ2) is 6.92. The lowest BCUT2D eigenvalue weighted by atomic mass is 9.89. The zero-order chi connectivity index (χ0) is 19.0. The number of benzene rings is 2. The Hall–Kier alpha value is -3.06. The molecule has 1 unspecified atom stereocenters. The molecule has 0 aliphatic carbocycles. The van der Waals surface area contributed by atoms with Gasteiger partial charge in [0.05, 0.1) is 24.8 Å². The van der Waals surface area contributed by atoms with E-state index in [2.05, 4.69) is 9.69 Å². The van der Waals surface area contributed by atoms with Crippen molar-refractivity contribution in [1.29, 1.82) is 0 Å². The topological polar surface area (TPSA) is 80.7 Å². The molecule has 27 heavy (non-hydrogen) atoms. The highest BCUT2D eigenvalue weighted by Gasteiger charge is 2.32. The lowest BCUT2D eigenvalue weighted by molar-refractivity contribution is -0.116. The molecule has 2 heterocycles. The van der Waals surface area contributed by atoms with E-state index in [4.69, 9.17) is 9.47 Å². The Balaban J connectivity index is 1.84. The summed E-state index contributed by atoms with van der Waals surface area (Å²) in [5, 5.41) is 13.1. The first-order valence-corrected chi connectivity index (χ1v) is 9.19. The van der Waals surface area contributed by atoms with Crippen molar-refractivity contribution in [2.75, 3.05) is 19.5 Å². The molecule has 1 aliphatic rings. The first kappa shape index (κ1) is 17.4. The summed E-state index contributed by atoms with van der Waals surface area (Å²) in [4.78, 5) is 13.4. The number of aromatic nitrogens is 1. The third-order valence-corrected chi connectivity index (χ3v) is 5.60. The number of nitrogens with one attached hydrogen (secondary N) is 1. The van der Waals surface area contributed by atoms with Gasteiger partial charge in [0.2, 0.25) is 11.7 Å². The highest BCUT2D eigenvalue weighted by Crippen LogP contribution is 2.47. The number of amides is 1. The third-order valence-electron chi connectivity index (χ3n) is 4.64. The summed E-state index contributed by atoms with van der Waals surface area (Å²) in [6, 6.07) is 13.3. The van der Waals surface area contributed by atoms with Crippen LogP contribution in [0, 0.1) is 0 Å². The molecule has 1 aliphatic heterocycles. The van der Waals surface area contributed by atoms with Crippen molar-refractivity contribution in [2.24, 2.45) is 0 Å². The van der Waals surface area contributed by atoms with Gasteiger partial charge in [0.25, 0.3) is 0 Å². The van der Waals surface area contributed by atoms with Crippen LogP contribution < -0.4 is 14.8 Å². The molecule has 0 saturated heterocycles. The number of hydrogen-bond acceptors (Lipinski definition) is 6. The van der Waals surface area contributed by atoms with Gasteiger partial charge in [-0.15, -0.1) is 0 Å². The summed E-state index contributed by atoms with van der Waals surface area (Å²) >= 11 is 1.37. The SMILES string of the molecule is COc1cc(C2CC(=O)Nc3c(-c4ccccc4)nsc32)cc(OC)c1O. The molecular weight excluding hydrogens is 364 g/mol. The average Bonchev–Trinajstić information content (AvgIpc) is 3.12. The highest BCUT2D eigenvalue weighted by atomic mass is 32.1. The molecule has 3 aromatic rings. The minimum absolute atomic E-state index is 0.0569. The molecule has 0 spiro atoms. The molecule has 2 aromatic carbocycles. The number of anilines is 1. The molecule has 1 atom stereocenters. The lowest BCUT2D eigenvalue weighted by Gasteiger charge is -2.24. The second-order valence-corrected chi connectivity index (χ2v) is 7.02. The molecule has 0 bridgehead atoms. The van der Waals surface area contributed by atoms with Crippen molar-refractivity contribution in [3.05, 3.63) is 52.9 Å². The van der Waals surface area contributed by atoms with Crippen molar-refractivity contribution in [3.63, 3.8) is 0 Å². The van der Waals surface area contributed by atoms with E-state index < -0.39 is 0 Å². The molecule has 1 amide bonds. The molecule has 0 saturated carbocycles. The summed E-state index contributed by atoms with van der Waals surface area (Å²) in [5.74, 6) is 0.302. The van der Waals surface area contributed by atoms with Gasteiger partial charge in [-0.05, 0) is 29.2 Å². The standard InChI is InChI=1S/C20H18N2O4S/c1-25-14-8-12(9-15(26-2)19(14)24)13-10-16(23)21-18-17(22-27-20(13)18)11-6-4-3-5-7-11/h3-9,13,24H,10H2,1-2H3,(H,21,23). The number of phenolic OH excluding ortho intramolecular Hbond substituents is 1. The van der Waals surface area contributed by atoms with Crippen LogP contribution in [-0.4, -0.2) is 29.6 Å². The average molecular weight is 382 g/mol. The Morgan fingerprint density at radius 2 is 1.81 bits per heavy atom. The molecule has 7 heteroatoms. The maximum atomic E-state index is 12.4. The van der Waals surface area contributed by atoms with Crippen LogP contribution in [0.4, 0.5) is 5.69 Å². The lowest BCUT2D eigenvalue weighted by Crippen LogP contribution is -2.22. The number of carbonyl (C=O) groups excluding carboxylic acids is 1. The molecule has 6 nitrogen and oxygen atoms in total. The van der Waals surface area contributed by atoms with Crippen LogP contribution in [0.15, 0.2) is 42.5 Å². The van der Waals surface area contributed by atoms with Crippen LogP contribution in [0.1, 0.15) is 22.8 Å². The van der Waals surface area contributed by atoms with Gasteiger partial charge >= 0.3 is 0 Å². The summed E-state index contributed by atoms with van der Waals surface area (Å²) in [6.45, 7) is 0. The van der Waals surface area contributed by atoms with E-state index in [9.17, 15) is 9.90 Å². The Labute approximate surface area is 160 Å². The predicted molar refractivity (Wildman–Crippen MR) is 104 cm³/mol. The van der Waals surface area contributed by atoms with E-state index in [-0.39, 0.29) is 17.6 Å². The second-order valence-electron chi connectivity index (χ2n) is 6.22. The first-order chi connectivity index (χ1) is 13.1. The van der Waals surface area contributed by atoms with Crippen LogP contribution in [0.3, 0.4) is 0 Å². The van der Waals surface area contributed by atoms with Crippen LogP contribution in [0.5, 0.6) is 17.2 Å². The van der Waals surface area contributed by atoms with Gasteiger partial charge < -0.3 is 19.9 Å². The van der Waals surface area contributed by atoms with E-state index in [1.54, 1.807) is 12.1 Å². The third kappa shape index (κ3) is 3.00. The van der Waals surface area contributed by atoms with Crippen LogP contribution in [-0.2, 0) is 4.79 Å². The summed E-state index contributed by atoms with van der Waals surface area (Å²) in [7, 11) is 2.97. The van der Waals surface area contributed by atoms with Gasteiger partial charge in [-0.25, -0.2) is 0 Å². The van der Waals surface area contributed by atoms with E-state index in [0.29, 0.717) is 17.9 Å². The van der Waals surface area contributed by atoms with E-state index in [0.717, 1.165) is 27.4 Å². The summed E-state index contributed by atoms with van der Waals surface area (Å²) < 4.78 is 15.1. The number of aromatic hydroxyl groups is 1. The smallest absolute Gasteiger partial charge is 0.225 e. The van der Waals surface area contributed by atoms with Crippen LogP contribution in [0.2, 0.25) is 0 Å². The summed E-state index contributed by atoms with van der Waals surface area (Å²) in [6.07, 6.45) is 0.292. The van der Waals surface area contributed by atoms with Crippen LogP contribution >= 0.6 is 11.5 Å². The molecule has 1 aromatic heterocycles. The fourth-order valence-electron chi connectivity index (χ4n) is 3.31. The number of hydrogen-bond donors (Lipinski definition) is 2. The Kier molecular flexibility index (Phi) is 4.45. The molecule has 0 radical (unpaired) electrons. The Morgan fingerprint density at radius 3 is 2.44 bits per heavy atom. The number of fused-ring (bicyclic) bond motifs is 1. The van der Waals surface area contributed by atoms with E-state index in [1.165, 1.54) is 25.8 Å². The molecular formula is C20H18N2O4S. The first-order valence-electron chi connectivity index (χ1n) is 8.42. The van der Waals surface area contributed by atoms with Gasteiger partial charge in [0, 0.05) is 17.9 Å². The van der Waals surface area contributed by atoms with Gasteiger partial charge in [-0.1, -0.05) is 30.3 Å². The molecule has 2 N–H and O–H groups in total. The number of ether oxygens (including phenoxy) is 2. The van der Waals surface area contributed by atoms with Crippen molar-refractivity contribution >= 4 is 23.1 Å². The van der Waals surface area contributed by atoms with Gasteiger partial charge in [-0.3, -0.25) is 4.79 Å². The number of carbonyl (C=O) groups is 1. The summed E-state index contributed by atoms with van der Waals surface area (Å²) in [5.41, 5.74) is 3.31. The van der Waals surface area contributed by atoms with Crippen molar-refractivity contribution in [3.8, 4) is 28.5 Å². The molecule has 4 rings (SSSR count). The van der Waals surface area contributed by atoms with Gasteiger partial charge in [0.15, 0.2) is 11.5 Å². The number of phenols is 1. The Bertz CT molecular complexity index is 975. The minimum atomic E-state index is -0.188. The monoisotopic (exact) mass is 382 g/mol. The van der Waals surface area contributed by atoms with Crippen molar-refractivity contribution < 1.29 is 19.4 Å². The minimum Gasteiger partial charge on any atom is -0.502 e. The zero-order valence-electron chi connectivity index (χ0n) is 14.9. The quantitative estimate of drug-likeness (QED) is 0.713. The fraction of sp³-hybridized carbons (Fsp3) is 0.200. The van der Waals surface area contributed by atoms with Gasteiger partial charge in [0.1, 0.15) is 5.69 Å². The molecule has 138 valence electrons. The van der Waals surface area contributed by atoms with Crippen LogP contribution in [0.25, 0.3) is 11.3 Å². The molecule has 0 fully saturated rings. The zero-order valence-corrected chi connectivity index (χ0v) is 15.7. The highest BCUT2D eigenvalue weighted by molar-refractivity contribution is 7.07. The predicted octanol–water partition coefficient (Wildman–Crippen LogP) is 4.01. The van der Waals surface area contributed by atoms with E-state index in [1.807, 2.05) is 30.3 Å². The van der Waals surface area contributed by atoms with Crippen molar-refractivity contribution in [1.82, 2.24) is 4.37 Å². The van der Waals surface area contributed by atoms with Gasteiger partial charge in [-0.2, -0.15) is 4.37 Å². The van der Waals surface area contributed by atoms with E-state index >= 15 is 0 Å². The number of rotatable bonds is 4. The Morgan fingerprint density at radius 1 is 1.15 bits per heavy atom. The fourth-order valence-corrected chi connectivity index (χ4v) is 4.28. The maximum Gasteiger partial charge on any atom is 0.225 e. The maximum absolute atomic E-state index is 12.4. The van der Waals surface area contributed by atoms with Crippen molar-refractivity contribution in [2.45, 2.75) is 12.3 Å². The normalized spacial score (nSPS) is 15.8.